The van der Waals surface area contributed by atoms with Gasteiger partial charge in [-0.05, 0) is 19.8 Å². The molecule has 1 aliphatic rings. The Bertz CT molecular complexity index is 240. The van der Waals surface area contributed by atoms with Crippen LogP contribution in [0.1, 0.15) is 26.7 Å². The Balaban J connectivity index is 2.70. The predicted octanol–water partition coefficient (Wildman–Crippen LogP) is 0.379. The molecule has 1 N–H and O–H groups in total. The van der Waals surface area contributed by atoms with Crippen LogP contribution in [0, 0.1) is 5.92 Å². The molecule has 1 saturated heterocycles. The van der Waals surface area contributed by atoms with E-state index in [1.807, 2.05) is 6.92 Å². The van der Waals surface area contributed by atoms with Gasteiger partial charge in [-0.3, -0.25) is 9.59 Å². The standard InChI is InChI=1S/C10H18N2O2/c1-7-9(10(14)11-3)5-4-6-12(7)8(2)13/h7,9H,4-6H2,1-3H3,(H,11,14)/t7-,9?/m0/s1. The van der Waals surface area contributed by atoms with Crippen LogP contribution in [0.25, 0.3) is 0 Å². The Morgan fingerprint density at radius 2 is 2.07 bits per heavy atom. The highest BCUT2D eigenvalue weighted by atomic mass is 16.2. The summed E-state index contributed by atoms with van der Waals surface area (Å²) in [6.45, 7) is 4.28. The number of nitrogens with one attached hydrogen (secondary N) is 1. The summed E-state index contributed by atoms with van der Waals surface area (Å²) in [6.07, 6.45) is 1.80. The lowest BCUT2D eigenvalue weighted by Gasteiger charge is -2.37. The molecule has 0 radical (unpaired) electrons. The first kappa shape index (κ1) is 11.0. The third-order valence-corrected chi connectivity index (χ3v) is 2.98. The molecule has 1 rings (SSSR count). The number of rotatable bonds is 1. The first-order valence-electron chi connectivity index (χ1n) is 5.06. The van der Waals surface area contributed by atoms with E-state index in [0.717, 1.165) is 19.4 Å². The van der Waals surface area contributed by atoms with E-state index in [1.54, 1.807) is 18.9 Å². The van der Waals surface area contributed by atoms with E-state index in [4.69, 9.17) is 0 Å². The maximum Gasteiger partial charge on any atom is 0.224 e. The molecule has 0 aliphatic carbocycles. The number of carbonyl (C=O) groups excluding carboxylic acids is 2. The third kappa shape index (κ3) is 2.05. The van der Waals surface area contributed by atoms with Crippen LogP contribution in [0.15, 0.2) is 0 Å². The minimum Gasteiger partial charge on any atom is -0.359 e. The van der Waals surface area contributed by atoms with Crippen molar-refractivity contribution < 1.29 is 9.59 Å². The number of nitrogens with zero attached hydrogens (tertiary/aromatic N) is 1. The topological polar surface area (TPSA) is 49.4 Å². The summed E-state index contributed by atoms with van der Waals surface area (Å²) in [5, 5.41) is 2.65. The van der Waals surface area contributed by atoms with E-state index >= 15 is 0 Å². The first-order chi connectivity index (χ1) is 6.57. The molecule has 14 heavy (non-hydrogen) atoms. The second kappa shape index (κ2) is 4.44. The maximum absolute atomic E-state index is 11.5. The fourth-order valence-corrected chi connectivity index (χ4v) is 2.12. The second-order valence-corrected chi connectivity index (χ2v) is 3.82. The highest BCUT2D eigenvalue weighted by Crippen LogP contribution is 2.23. The monoisotopic (exact) mass is 198 g/mol. The third-order valence-electron chi connectivity index (χ3n) is 2.98. The van der Waals surface area contributed by atoms with Crippen LogP contribution in [0.5, 0.6) is 0 Å². The largest absolute Gasteiger partial charge is 0.359 e. The van der Waals surface area contributed by atoms with Gasteiger partial charge in [0.2, 0.25) is 11.8 Å². The molecule has 80 valence electrons. The van der Waals surface area contributed by atoms with E-state index in [0.29, 0.717) is 0 Å². The minimum atomic E-state index is -0.0438. The van der Waals surface area contributed by atoms with Gasteiger partial charge in [0.05, 0.1) is 5.92 Å². The van der Waals surface area contributed by atoms with E-state index in [1.165, 1.54) is 0 Å². The van der Waals surface area contributed by atoms with Gasteiger partial charge < -0.3 is 10.2 Å². The van der Waals surface area contributed by atoms with Gasteiger partial charge in [0.25, 0.3) is 0 Å². The highest BCUT2D eigenvalue weighted by Gasteiger charge is 2.33. The van der Waals surface area contributed by atoms with Crippen molar-refractivity contribution in [3.8, 4) is 0 Å². The molecular formula is C10H18N2O2. The van der Waals surface area contributed by atoms with Crippen LogP contribution in [0.2, 0.25) is 0 Å². The minimum absolute atomic E-state index is 0.0289. The van der Waals surface area contributed by atoms with Gasteiger partial charge >= 0.3 is 0 Å². The molecule has 0 saturated carbocycles. The Kier molecular flexibility index (Phi) is 3.49. The van der Waals surface area contributed by atoms with Crippen LogP contribution < -0.4 is 5.32 Å². The molecule has 1 fully saturated rings. The molecule has 1 aliphatic heterocycles. The van der Waals surface area contributed by atoms with Crippen LogP contribution in [-0.4, -0.2) is 36.3 Å². The highest BCUT2D eigenvalue weighted by molar-refractivity contribution is 5.81. The SMILES string of the molecule is CNC(=O)C1CCCN(C(C)=O)[C@H]1C. The van der Waals surface area contributed by atoms with E-state index < -0.39 is 0 Å². The van der Waals surface area contributed by atoms with Crippen LogP contribution in [0.4, 0.5) is 0 Å². The second-order valence-electron chi connectivity index (χ2n) is 3.82. The summed E-state index contributed by atoms with van der Waals surface area (Å²) in [5.41, 5.74) is 0. The summed E-state index contributed by atoms with van der Waals surface area (Å²) in [4.78, 5) is 24.5. The molecule has 2 amide bonds. The lowest BCUT2D eigenvalue weighted by atomic mass is 9.89. The van der Waals surface area contributed by atoms with Crippen molar-refractivity contribution in [3.63, 3.8) is 0 Å². The van der Waals surface area contributed by atoms with Gasteiger partial charge in [0.1, 0.15) is 0 Å². The summed E-state index contributed by atoms with van der Waals surface area (Å²) in [7, 11) is 1.64. The van der Waals surface area contributed by atoms with Crippen LogP contribution >= 0.6 is 0 Å². The smallest absolute Gasteiger partial charge is 0.224 e. The summed E-state index contributed by atoms with van der Waals surface area (Å²) in [5.74, 6) is 0.0622. The summed E-state index contributed by atoms with van der Waals surface area (Å²) >= 11 is 0. The fourth-order valence-electron chi connectivity index (χ4n) is 2.12. The van der Waals surface area contributed by atoms with E-state index in [9.17, 15) is 9.59 Å². The van der Waals surface area contributed by atoms with Crippen molar-refractivity contribution in [2.24, 2.45) is 5.92 Å². The Hall–Kier alpha value is -1.06. The number of amides is 2. The van der Waals surface area contributed by atoms with Gasteiger partial charge in [-0.25, -0.2) is 0 Å². The van der Waals surface area contributed by atoms with Crippen LogP contribution in [0.3, 0.4) is 0 Å². The molecule has 1 heterocycles. The van der Waals surface area contributed by atoms with Gasteiger partial charge in [-0.1, -0.05) is 0 Å². The van der Waals surface area contributed by atoms with Crippen molar-refractivity contribution >= 4 is 11.8 Å². The van der Waals surface area contributed by atoms with Gasteiger partial charge in [0.15, 0.2) is 0 Å². The maximum atomic E-state index is 11.5. The van der Waals surface area contributed by atoms with Gasteiger partial charge in [-0.2, -0.15) is 0 Å². The van der Waals surface area contributed by atoms with E-state index in [2.05, 4.69) is 5.32 Å². The number of carbonyl (C=O) groups is 2. The molecule has 0 aromatic carbocycles. The van der Waals surface area contributed by atoms with Crippen molar-refractivity contribution in [1.29, 1.82) is 0 Å². The molecule has 1 unspecified atom stereocenters. The number of piperidine rings is 1. The molecular weight excluding hydrogens is 180 g/mol. The lowest BCUT2D eigenvalue weighted by Crippen LogP contribution is -2.50. The average Bonchev–Trinajstić information content (AvgIpc) is 2.16. The van der Waals surface area contributed by atoms with Crippen molar-refractivity contribution in [2.75, 3.05) is 13.6 Å². The van der Waals surface area contributed by atoms with Gasteiger partial charge in [0, 0.05) is 26.6 Å². The zero-order chi connectivity index (χ0) is 10.7. The molecule has 0 aromatic heterocycles. The number of hydrogen-bond donors (Lipinski definition) is 1. The van der Waals surface area contributed by atoms with Crippen molar-refractivity contribution in [2.45, 2.75) is 32.7 Å². The number of likely N-dealkylation sites (tertiary alicyclic amines) is 1. The Morgan fingerprint density at radius 1 is 1.43 bits per heavy atom. The Morgan fingerprint density at radius 3 is 2.57 bits per heavy atom. The quantitative estimate of drug-likeness (QED) is 0.662. The summed E-state index contributed by atoms with van der Waals surface area (Å²) < 4.78 is 0. The predicted molar refractivity (Wildman–Crippen MR) is 53.6 cm³/mol. The zero-order valence-corrected chi connectivity index (χ0v) is 9.04. The fraction of sp³-hybridized carbons (Fsp3) is 0.800. The van der Waals surface area contributed by atoms with Crippen LogP contribution in [-0.2, 0) is 9.59 Å². The molecule has 0 spiro atoms. The van der Waals surface area contributed by atoms with E-state index in [-0.39, 0.29) is 23.8 Å². The molecule has 4 heteroatoms. The molecule has 0 aromatic rings. The molecule has 2 atom stereocenters. The molecule has 0 bridgehead atoms. The average molecular weight is 198 g/mol. The zero-order valence-electron chi connectivity index (χ0n) is 9.04. The Labute approximate surface area is 84.7 Å². The first-order valence-corrected chi connectivity index (χ1v) is 5.06. The number of hydrogen-bond acceptors (Lipinski definition) is 2. The lowest BCUT2D eigenvalue weighted by molar-refractivity contribution is -0.137. The molecule has 4 nitrogen and oxygen atoms in total. The normalized spacial score (nSPS) is 27.2. The van der Waals surface area contributed by atoms with Crippen molar-refractivity contribution in [1.82, 2.24) is 10.2 Å². The van der Waals surface area contributed by atoms with Crippen molar-refractivity contribution in [3.05, 3.63) is 0 Å². The van der Waals surface area contributed by atoms with Gasteiger partial charge in [-0.15, -0.1) is 0 Å². The summed E-state index contributed by atoms with van der Waals surface area (Å²) in [6, 6.07) is 0.0289.